The monoisotopic (exact) mass is 327 g/mol. The summed E-state index contributed by atoms with van der Waals surface area (Å²) in [5.74, 6) is 0.900. The molecule has 104 valence electrons. The van der Waals surface area contributed by atoms with Crippen LogP contribution >= 0.6 is 35.1 Å². The molecule has 0 aliphatic carbocycles. The third kappa shape index (κ3) is 2.68. The van der Waals surface area contributed by atoms with Crippen molar-refractivity contribution in [1.29, 1.82) is 0 Å². The lowest BCUT2D eigenvalue weighted by atomic mass is 10.2. The molecule has 0 N–H and O–H groups in total. The lowest BCUT2D eigenvalue weighted by Gasteiger charge is -2.12. The molecule has 0 atom stereocenters. The van der Waals surface area contributed by atoms with Crippen LogP contribution in [-0.2, 0) is 21.0 Å². The predicted molar refractivity (Wildman–Crippen MR) is 80.0 cm³/mol. The van der Waals surface area contributed by atoms with Gasteiger partial charge in [-0.15, -0.1) is 23.5 Å². The van der Waals surface area contributed by atoms with Crippen LogP contribution in [0.2, 0.25) is 5.02 Å². The molecule has 2 fully saturated rings. The van der Waals surface area contributed by atoms with Gasteiger partial charge in [-0.3, -0.25) is 4.79 Å². The Labute approximate surface area is 129 Å². The first-order chi connectivity index (χ1) is 9.65. The Kier molecular flexibility index (Phi) is 3.96. The van der Waals surface area contributed by atoms with E-state index in [9.17, 15) is 9.59 Å². The summed E-state index contributed by atoms with van der Waals surface area (Å²) in [7, 11) is 0. The number of carbonyl (C=O) groups is 2. The molecule has 0 spiro atoms. The van der Waals surface area contributed by atoms with Gasteiger partial charge in [0.1, 0.15) is 5.57 Å². The Morgan fingerprint density at radius 2 is 2.00 bits per heavy atom. The van der Waals surface area contributed by atoms with Gasteiger partial charge in [-0.25, -0.2) is 4.79 Å². The Morgan fingerprint density at radius 3 is 2.70 bits per heavy atom. The maximum absolute atomic E-state index is 12.3. The number of benzene rings is 1. The highest BCUT2D eigenvalue weighted by molar-refractivity contribution is 8.25. The van der Waals surface area contributed by atoms with Gasteiger partial charge < -0.3 is 4.84 Å². The van der Waals surface area contributed by atoms with Crippen molar-refractivity contribution < 1.29 is 14.4 Å². The molecule has 2 heterocycles. The molecule has 2 aliphatic heterocycles. The lowest BCUT2D eigenvalue weighted by Crippen LogP contribution is -2.23. The Bertz CT molecular complexity index is 609. The first kappa shape index (κ1) is 13.9. The quantitative estimate of drug-likeness (QED) is 0.617. The van der Waals surface area contributed by atoms with Crippen molar-refractivity contribution in [2.75, 3.05) is 11.5 Å². The molecule has 7 heteroatoms. The fraction of sp³-hybridized carbons (Fsp3) is 0.231. The highest BCUT2D eigenvalue weighted by atomic mass is 35.5. The van der Waals surface area contributed by atoms with Gasteiger partial charge >= 0.3 is 5.97 Å². The zero-order valence-corrected chi connectivity index (χ0v) is 12.7. The van der Waals surface area contributed by atoms with Crippen molar-refractivity contribution in [3.8, 4) is 0 Å². The summed E-state index contributed by atoms with van der Waals surface area (Å²) in [6.07, 6.45) is 0. The van der Waals surface area contributed by atoms with Gasteiger partial charge in [0, 0.05) is 16.5 Å². The molecule has 1 amide bonds. The number of nitrogens with zero attached hydrogens (tertiary/aromatic N) is 1. The number of rotatable bonds is 2. The maximum atomic E-state index is 12.3. The summed E-state index contributed by atoms with van der Waals surface area (Å²) < 4.78 is 0.772. The molecule has 0 bridgehead atoms. The van der Waals surface area contributed by atoms with Gasteiger partial charge in [-0.2, -0.15) is 5.06 Å². The summed E-state index contributed by atoms with van der Waals surface area (Å²) in [5, 5.41) is 1.68. The van der Waals surface area contributed by atoms with Gasteiger partial charge in [-0.05, 0) is 17.7 Å². The molecule has 2 aliphatic rings. The number of hydroxylamine groups is 2. The second-order valence-electron chi connectivity index (χ2n) is 4.21. The molecular weight excluding hydrogens is 318 g/mol. The minimum Gasteiger partial charge on any atom is -0.332 e. The van der Waals surface area contributed by atoms with E-state index in [1.54, 1.807) is 18.2 Å². The molecule has 3 rings (SSSR count). The molecule has 2 saturated heterocycles. The lowest BCUT2D eigenvalue weighted by molar-refractivity contribution is -0.180. The number of halogens is 1. The molecule has 0 unspecified atom stereocenters. The van der Waals surface area contributed by atoms with Crippen LogP contribution in [0.5, 0.6) is 0 Å². The summed E-state index contributed by atoms with van der Waals surface area (Å²) in [5.41, 5.74) is 0.983. The Balaban J connectivity index is 1.81. The van der Waals surface area contributed by atoms with Gasteiger partial charge in [0.25, 0.3) is 5.91 Å². The van der Waals surface area contributed by atoms with Crippen LogP contribution in [-0.4, -0.2) is 28.4 Å². The van der Waals surface area contributed by atoms with Crippen LogP contribution in [0.1, 0.15) is 5.56 Å². The summed E-state index contributed by atoms with van der Waals surface area (Å²) in [6, 6.07) is 7.12. The van der Waals surface area contributed by atoms with E-state index < -0.39 is 5.97 Å². The van der Waals surface area contributed by atoms with Crippen molar-refractivity contribution in [1.82, 2.24) is 5.06 Å². The standard InChI is InChI=1S/C13H10ClNO3S2/c14-9-3-1-2-8(6-9)7-15-11(16)10(12(17)18-15)13-19-4-5-20-13/h1-3,6H,4-5,7H2. The third-order valence-electron chi connectivity index (χ3n) is 2.81. The Morgan fingerprint density at radius 1 is 1.25 bits per heavy atom. The van der Waals surface area contributed by atoms with E-state index in [1.807, 2.05) is 6.07 Å². The van der Waals surface area contributed by atoms with Crippen molar-refractivity contribution in [2.24, 2.45) is 0 Å². The number of amides is 1. The molecule has 0 radical (unpaired) electrons. The summed E-state index contributed by atoms with van der Waals surface area (Å²) in [4.78, 5) is 29.2. The molecule has 20 heavy (non-hydrogen) atoms. The average Bonchev–Trinajstić information content (AvgIpc) is 2.99. The molecule has 1 aromatic carbocycles. The second-order valence-corrected chi connectivity index (χ2v) is 7.12. The fourth-order valence-electron chi connectivity index (χ4n) is 1.93. The van der Waals surface area contributed by atoms with Gasteiger partial charge in [-0.1, -0.05) is 23.7 Å². The minimum atomic E-state index is -0.561. The smallest absolute Gasteiger partial charge is 0.332 e. The van der Waals surface area contributed by atoms with Gasteiger partial charge in [0.15, 0.2) is 0 Å². The fourth-order valence-corrected chi connectivity index (χ4v) is 4.64. The zero-order chi connectivity index (χ0) is 14.1. The molecule has 1 aromatic rings. The second kappa shape index (κ2) is 5.71. The first-order valence-corrected chi connectivity index (χ1v) is 8.28. The SMILES string of the molecule is O=C1ON(Cc2cccc(Cl)c2)C(=O)C1=C1SCCS1. The average molecular weight is 328 g/mol. The van der Waals surface area contributed by atoms with E-state index in [-0.39, 0.29) is 18.0 Å². The minimum absolute atomic E-state index is 0.166. The Hall–Kier alpha value is -1.11. The van der Waals surface area contributed by atoms with Crippen LogP contribution in [0, 0.1) is 0 Å². The van der Waals surface area contributed by atoms with Gasteiger partial charge in [0.2, 0.25) is 0 Å². The van der Waals surface area contributed by atoms with E-state index >= 15 is 0 Å². The van der Waals surface area contributed by atoms with Crippen LogP contribution in [0.15, 0.2) is 34.1 Å². The molecular formula is C13H10ClNO3S2. The van der Waals surface area contributed by atoms with E-state index in [4.69, 9.17) is 16.4 Å². The van der Waals surface area contributed by atoms with Crippen molar-refractivity contribution in [3.05, 3.63) is 44.7 Å². The number of hydrogen-bond donors (Lipinski definition) is 0. The van der Waals surface area contributed by atoms with E-state index in [1.165, 1.54) is 23.5 Å². The largest absolute Gasteiger partial charge is 0.370 e. The highest BCUT2D eigenvalue weighted by Gasteiger charge is 2.40. The van der Waals surface area contributed by atoms with E-state index in [2.05, 4.69) is 0 Å². The van der Waals surface area contributed by atoms with Crippen molar-refractivity contribution >= 4 is 47.0 Å². The van der Waals surface area contributed by atoms with E-state index in [0.29, 0.717) is 5.02 Å². The number of hydrogen-bond acceptors (Lipinski definition) is 5. The highest BCUT2D eigenvalue weighted by Crippen LogP contribution is 2.41. The van der Waals surface area contributed by atoms with Crippen LogP contribution < -0.4 is 0 Å². The van der Waals surface area contributed by atoms with Crippen LogP contribution in [0.25, 0.3) is 0 Å². The van der Waals surface area contributed by atoms with Gasteiger partial charge in [0.05, 0.1) is 10.8 Å². The topological polar surface area (TPSA) is 46.6 Å². The summed E-state index contributed by atoms with van der Waals surface area (Å²) in [6.45, 7) is 0.206. The normalized spacial score (nSPS) is 18.9. The zero-order valence-electron chi connectivity index (χ0n) is 10.3. The maximum Gasteiger partial charge on any atom is 0.370 e. The third-order valence-corrected chi connectivity index (χ3v) is 5.76. The molecule has 4 nitrogen and oxygen atoms in total. The number of thioether (sulfide) groups is 2. The van der Waals surface area contributed by atoms with Crippen molar-refractivity contribution in [2.45, 2.75) is 6.54 Å². The van der Waals surface area contributed by atoms with Crippen molar-refractivity contribution in [3.63, 3.8) is 0 Å². The van der Waals surface area contributed by atoms with Crippen LogP contribution in [0.3, 0.4) is 0 Å². The molecule has 0 saturated carbocycles. The predicted octanol–water partition coefficient (Wildman–Crippen LogP) is 2.83. The number of carbonyl (C=O) groups excluding carboxylic acids is 2. The summed E-state index contributed by atoms with van der Waals surface area (Å²) >= 11 is 8.96. The van der Waals surface area contributed by atoms with Crippen LogP contribution in [0.4, 0.5) is 0 Å². The first-order valence-electron chi connectivity index (χ1n) is 5.93. The van der Waals surface area contributed by atoms with E-state index in [0.717, 1.165) is 26.4 Å². The molecule has 0 aromatic heterocycles.